The molecule has 2 aromatic rings. The van der Waals surface area contributed by atoms with Crippen LogP contribution in [0, 0.1) is 0 Å². The first-order valence-electron chi connectivity index (χ1n) is 7.50. The molecular weight excluding hydrogens is 346 g/mol. The van der Waals surface area contributed by atoms with Gasteiger partial charge in [0.2, 0.25) is 0 Å². The van der Waals surface area contributed by atoms with Crippen LogP contribution in [-0.4, -0.2) is 31.7 Å². The van der Waals surface area contributed by atoms with Crippen molar-refractivity contribution in [3.8, 4) is 11.5 Å². The van der Waals surface area contributed by atoms with Gasteiger partial charge in [-0.3, -0.25) is 4.79 Å². The van der Waals surface area contributed by atoms with Crippen molar-refractivity contribution in [2.75, 3.05) is 19.0 Å². The number of methoxy groups -OCH3 is 1. The van der Waals surface area contributed by atoms with E-state index in [0.717, 1.165) is 0 Å². The van der Waals surface area contributed by atoms with Crippen molar-refractivity contribution in [3.05, 3.63) is 53.6 Å². The minimum atomic E-state index is -0.854. The average molecular weight is 364 g/mol. The van der Waals surface area contributed by atoms with Gasteiger partial charge in [0.15, 0.2) is 12.7 Å². The molecular formula is C18H18ClNO5. The molecule has 0 aliphatic heterocycles. The van der Waals surface area contributed by atoms with Gasteiger partial charge in [-0.15, -0.1) is 0 Å². The Bertz CT molecular complexity index is 733. The topological polar surface area (TPSA) is 73.9 Å². The molecule has 0 aromatic heterocycles. The van der Waals surface area contributed by atoms with E-state index in [1.165, 1.54) is 0 Å². The van der Waals surface area contributed by atoms with Gasteiger partial charge in [-0.2, -0.15) is 0 Å². The summed E-state index contributed by atoms with van der Waals surface area (Å²) in [5.41, 5.74) is 0.524. The molecule has 0 bridgehead atoms. The Morgan fingerprint density at radius 2 is 1.80 bits per heavy atom. The lowest BCUT2D eigenvalue weighted by Gasteiger charge is -2.14. The minimum Gasteiger partial charge on any atom is -0.497 e. The normalized spacial score (nSPS) is 11.3. The van der Waals surface area contributed by atoms with Crippen LogP contribution in [0.4, 0.5) is 5.69 Å². The van der Waals surface area contributed by atoms with Gasteiger partial charge in [-0.1, -0.05) is 17.7 Å². The molecule has 0 fully saturated rings. The number of esters is 1. The highest BCUT2D eigenvalue weighted by Crippen LogP contribution is 2.18. The first-order chi connectivity index (χ1) is 12.0. The molecule has 0 radical (unpaired) electrons. The van der Waals surface area contributed by atoms with Crippen molar-refractivity contribution in [2.45, 2.75) is 13.0 Å². The Morgan fingerprint density at radius 3 is 2.44 bits per heavy atom. The molecule has 0 aliphatic rings. The van der Waals surface area contributed by atoms with Gasteiger partial charge >= 0.3 is 5.97 Å². The number of anilines is 1. The molecule has 0 spiro atoms. The van der Waals surface area contributed by atoms with Crippen molar-refractivity contribution in [1.82, 2.24) is 0 Å². The summed E-state index contributed by atoms with van der Waals surface area (Å²) in [6, 6.07) is 13.4. The van der Waals surface area contributed by atoms with Crippen LogP contribution >= 0.6 is 11.6 Å². The van der Waals surface area contributed by atoms with Crippen LogP contribution in [0.2, 0.25) is 5.02 Å². The zero-order valence-electron chi connectivity index (χ0n) is 13.8. The summed E-state index contributed by atoms with van der Waals surface area (Å²) in [6.07, 6.45) is -0.854. The molecule has 1 unspecified atom stereocenters. The van der Waals surface area contributed by atoms with Crippen molar-refractivity contribution in [1.29, 1.82) is 0 Å². The Kier molecular flexibility index (Phi) is 6.65. The maximum absolute atomic E-state index is 11.9. The van der Waals surface area contributed by atoms with Crippen LogP contribution in [0.3, 0.4) is 0 Å². The van der Waals surface area contributed by atoms with Gasteiger partial charge in [-0.25, -0.2) is 4.79 Å². The fourth-order valence-electron chi connectivity index (χ4n) is 1.92. The van der Waals surface area contributed by atoms with E-state index in [-0.39, 0.29) is 0 Å². The van der Waals surface area contributed by atoms with Crippen LogP contribution in [-0.2, 0) is 14.3 Å². The van der Waals surface area contributed by atoms with Gasteiger partial charge in [0.25, 0.3) is 5.91 Å². The summed E-state index contributed by atoms with van der Waals surface area (Å²) in [6.45, 7) is 1.13. The van der Waals surface area contributed by atoms with Crippen LogP contribution in [0.1, 0.15) is 6.92 Å². The molecule has 7 heteroatoms. The van der Waals surface area contributed by atoms with E-state index >= 15 is 0 Å². The summed E-state index contributed by atoms with van der Waals surface area (Å²) in [5.74, 6) is 0.0678. The van der Waals surface area contributed by atoms with Gasteiger partial charge in [0.05, 0.1) is 7.11 Å². The lowest BCUT2D eigenvalue weighted by molar-refractivity contribution is -0.153. The molecule has 25 heavy (non-hydrogen) atoms. The third kappa shape index (κ3) is 6.00. The van der Waals surface area contributed by atoms with Crippen molar-refractivity contribution < 1.29 is 23.8 Å². The smallest absolute Gasteiger partial charge is 0.347 e. The summed E-state index contributed by atoms with van der Waals surface area (Å²) < 4.78 is 15.5. The van der Waals surface area contributed by atoms with Gasteiger partial charge in [-0.05, 0) is 49.4 Å². The Labute approximate surface area is 150 Å². The molecule has 1 amide bonds. The second-order valence-electron chi connectivity index (χ2n) is 5.10. The molecule has 0 saturated heterocycles. The Morgan fingerprint density at radius 1 is 1.12 bits per heavy atom. The quantitative estimate of drug-likeness (QED) is 0.764. The van der Waals surface area contributed by atoms with E-state index in [0.29, 0.717) is 22.2 Å². The van der Waals surface area contributed by atoms with Crippen molar-refractivity contribution >= 4 is 29.2 Å². The van der Waals surface area contributed by atoms with Gasteiger partial charge in [0.1, 0.15) is 11.5 Å². The largest absolute Gasteiger partial charge is 0.497 e. The fourth-order valence-corrected chi connectivity index (χ4v) is 2.11. The molecule has 0 heterocycles. The molecule has 0 saturated carbocycles. The predicted octanol–water partition coefficient (Wildman–Crippen LogP) is 3.30. The van der Waals surface area contributed by atoms with E-state index in [1.54, 1.807) is 62.6 Å². The number of rotatable bonds is 7. The zero-order valence-corrected chi connectivity index (χ0v) is 14.6. The zero-order chi connectivity index (χ0) is 18.2. The van der Waals surface area contributed by atoms with E-state index < -0.39 is 24.6 Å². The maximum atomic E-state index is 11.9. The number of hydrogen-bond donors (Lipinski definition) is 1. The van der Waals surface area contributed by atoms with Crippen molar-refractivity contribution in [2.24, 2.45) is 0 Å². The number of amides is 1. The van der Waals surface area contributed by atoms with Crippen LogP contribution in [0.15, 0.2) is 48.5 Å². The number of benzene rings is 2. The van der Waals surface area contributed by atoms with E-state index in [4.69, 9.17) is 25.8 Å². The molecule has 1 N–H and O–H groups in total. The van der Waals surface area contributed by atoms with Gasteiger partial charge < -0.3 is 19.5 Å². The van der Waals surface area contributed by atoms with Gasteiger partial charge in [0, 0.05) is 10.7 Å². The number of carbonyl (C=O) groups is 2. The monoisotopic (exact) mass is 363 g/mol. The predicted molar refractivity (Wildman–Crippen MR) is 94.1 cm³/mol. The standard InChI is InChI=1S/C18H18ClNO5/c1-12(25-16-8-6-15(23-2)7-9-16)18(22)24-11-17(21)20-14-5-3-4-13(19)10-14/h3-10,12H,11H2,1-2H3,(H,20,21). The van der Waals surface area contributed by atoms with Crippen LogP contribution in [0.25, 0.3) is 0 Å². The second-order valence-corrected chi connectivity index (χ2v) is 5.54. The number of nitrogens with one attached hydrogen (secondary N) is 1. The molecule has 6 nitrogen and oxygen atoms in total. The number of halogens is 1. The highest BCUT2D eigenvalue weighted by molar-refractivity contribution is 6.30. The molecule has 0 aliphatic carbocycles. The number of hydrogen-bond acceptors (Lipinski definition) is 5. The summed E-state index contributed by atoms with van der Waals surface area (Å²) >= 11 is 5.83. The third-order valence-corrected chi connectivity index (χ3v) is 3.39. The highest BCUT2D eigenvalue weighted by Gasteiger charge is 2.18. The summed E-state index contributed by atoms with van der Waals surface area (Å²) in [7, 11) is 1.56. The summed E-state index contributed by atoms with van der Waals surface area (Å²) in [4.78, 5) is 23.7. The summed E-state index contributed by atoms with van der Waals surface area (Å²) in [5, 5.41) is 3.08. The lowest BCUT2D eigenvalue weighted by atomic mass is 10.3. The molecule has 2 aromatic carbocycles. The first kappa shape index (κ1) is 18.6. The number of ether oxygens (including phenoxy) is 3. The maximum Gasteiger partial charge on any atom is 0.347 e. The van der Waals surface area contributed by atoms with E-state index in [2.05, 4.69) is 5.32 Å². The first-order valence-corrected chi connectivity index (χ1v) is 7.88. The molecule has 132 valence electrons. The Balaban J connectivity index is 1.79. The fraction of sp³-hybridized carbons (Fsp3) is 0.222. The van der Waals surface area contributed by atoms with Crippen LogP contribution in [0.5, 0.6) is 11.5 Å². The average Bonchev–Trinajstić information content (AvgIpc) is 2.60. The van der Waals surface area contributed by atoms with E-state index in [1.807, 2.05) is 0 Å². The number of carbonyl (C=O) groups excluding carboxylic acids is 2. The molecule has 1 atom stereocenters. The lowest BCUT2D eigenvalue weighted by Crippen LogP contribution is -2.29. The Hall–Kier alpha value is -2.73. The van der Waals surface area contributed by atoms with Crippen molar-refractivity contribution in [3.63, 3.8) is 0 Å². The SMILES string of the molecule is COc1ccc(OC(C)C(=O)OCC(=O)Nc2cccc(Cl)c2)cc1. The second kappa shape index (κ2) is 8.94. The third-order valence-electron chi connectivity index (χ3n) is 3.16. The highest BCUT2D eigenvalue weighted by atomic mass is 35.5. The van der Waals surface area contributed by atoms with E-state index in [9.17, 15) is 9.59 Å². The minimum absolute atomic E-state index is 0.415. The molecule has 2 rings (SSSR count). The van der Waals surface area contributed by atoms with Crippen LogP contribution < -0.4 is 14.8 Å².